The molecule has 1 rings (SSSR count). The van der Waals surface area contributed by atoms with E-state index in [1.165, 1.54) is 13.2 Å². The van der Waals surface area contributed by atoms with Crippen LogP contribution in [0, 0.1) is 5.92 Å². The lowest BCUT2D eigenvalue weighted by Gasteiger charge is -2.24. The summed E-state index contributed by atoms with van der Waals surface area (Å²) in [6.07, 6.45) is 6.89. The number of esters is 1. The van der Waals surface area contributed by atoms with Gasteiger partial charge in [-0.2, -0.15) is 0 Å². The summed E-state index contributed by atoms with van der Waals surface area (Å²) in [4.78, 5) is 22.4. The zero-order valence-electron chi connectivity index (χ0n) is 10.2. The van der Waals surface area contributed by atoms with E-state index in [0.717, 1.165) is 19.3 Å². The van der Waals surface area contributed by atoms with E-state index in [1.54, 1.807) is 6.08 Å². The van der Waals surface area contributed by atoms with Crippen molar-refractivity contribution in [2.45, 2.75) is 44.6 Å². The second kappa shape index (κ2) is 7.22. The Balaban J connectivity index is 2.28. The van der Waals surface area contributed by atoms with Gasteiger partial charge in [0.25, 0.3) is 0 Å². The van der Waals surface area contributed by atoms with Crippen LogP contribution in [0.25, 0.3) is 0 Å². The van der Waals surface area contributed by atoms with Crippen LogP contribution in [0.4, 0.5) is 0 Å². The van der Waals surface area contributed by atoms with Crippen molar-refractivity contribution < 1.29 is 19.4 Å². The normalized spacial score (nSPS) is 22.7. The quantitative estimate of drug-likeness (QED) is 0.586. The molecule has 1 fully saturated rings. The molecule has 0 bridgehead atoms. The first kappa shape index (κ1) is 13.9. The minimum atomic E-state index is -0.579. The maximum atomic E-state index is 11.6. The maximum absolute atomic E-state index is 11.6. The number of ether oxygens (including phenoxy) is 1. The molecule has 0 spiro atoms. The molecule has 2 atom stereocenters. The van der Waals surface area contributed by atoms with Gasteiger partial charge >= 0.3 is 5.97 Å². The molecule has 0 heterocycles. The molecule has 0 aromatic rings. The molecular weight excluding hydrogens is 220 g/mol. The number of carbonyl (C=O) groups excluding carboxylic acids is 2. The third-order valence-corrected chi connectivity index (χ3v) is 3.15. The van der Waals surface area contributed by atoms with Gasteiger partial charge in [0.05, 0.1) is 13.2 Å². The predicted octanol–water partition coefficient (Wildman–Crippen LogP) is 1.62. The lowest BCUT2D eigenvalue weighted by Crippen LogP contribution is -2.30. The summed E-state index contributed by atoms with van der Waals surface area (Å²) in [7, 11) is 1.32. The van der Waals surface area contributed by atoms with Crippen LogP contribution in [0.1, 0.15) is 38.5 Å². The van der Waals surface area contributed by atoms with E-state index in [9.17, 15) is 14.7 Å². The molecule has 17 heavy (non-hydrogen) atoms. The van der Waals surface area contributed by atoms with Gasteiger partial charge in [0.1, 0.15) is 5.78 Å². The minimum absolute atomic E-state index is 0.181. The van der Waals surface area contributed by atoms with Crippen LogP contribution < -0.4 is 0 Å². The molecule has 1 saturated carbocycles. The standard InChI is InChI=1S/C13H20O4/c1-17-13(16)9-5-4-8-12(15)10-6-2-3-7-11(10)14/h5,9-10,12,15H,2-4,6-8H2,1H3/b9-5+/t10-,12+/m1/s1. The van der Waals surface area contributed by atoms with Crippen molar-refractivity contribution in [1.82, 2.24) is 0 Å². The van der Waals surface area contributed by atoms with E-state index in [4.69, 9.17) is 0 Å². The average molecular weight is 240 g/mol. The molecule has 0 aromatic heterocycles. The number of hydrogen-bond donors (Lipinski definition) is 1. The number of aliphatic hydroxyl groups excluding tert-OH is 1. The molecule has 0 saturated heterocycles. The van der Waals surface area contributed by atoms with E-state index < -0.39 is 12.1 Å². The molecule has 96 valence electrons. The highest BCUT2D eigenvalue weighted by Crippen LogP contribution is 2.25. The summed E-state index contributed by atoms with van der Waals surface area (Å²) >= 11 is 0. The van der Waals surface area contributed by atoms with Gasteiger partial charge in [0.15, 0.2) is 0 Å². The number of hydrogen-bond acceptors (Lipinski definition) is 4. The lowest BCUT2D eigenvalue weighted by atomic mass is 9.82. The average Bonchev–Trinajstić information content (AvgIpc) is 2.34. The zero-order valence-corrected chi connectivity index (χ0v) is 10.2. The summed E-state index contributed by atoms with van der Waals surface area (Å²) in [5.74, 6) is -0.413. The summed E-state index contributed by atoms with van der Waals surface area (Å²) in [6, 6.07) is 0. The van der Waals surface area contributed by atoms with Crippen LogP contribution >= 0.6 is 0 Å². The smallest absolute Gasteiger partial charge is 0.330 e. The van der Waals surface area contributed by atoms with Crippen molar-refractivity contribution in [2.24, 2.45) is 5.92 Å². The van der Waals surface area contributed by atoms with E-state index in [1.807, 2.05) is 0 Å². The molecular formula is C13H20O4. The van der Waals surface area contributed by atoms with Gasteiger partial charge in [-0.05, 0) is 25.7 Å². The second-order valence-electron chi connectivity index (χ2n) is 4.39. The highest BCUT2D eigenvalue weighted by molar-refractivity contribution is 5.82. The first-order chi connectivity index (χ1) is 8.15. The first-order valence-corrected chi connectivity index (χ1v) is 6.10. The number of aliphatic hydroxyl groups is 1. The molecule has 4 nitrogen and oxygen atoms in total. The van der Waals surface area contributed by atoms with Crippen LogP contribution in [0.5, 0.6) is 0 Å². The van der Waals surface area contributed by atoms with Crippen LogP contribution in [-0.2, 0) is 14.3 Å². The van der Waals surface area contributed by atoms with Gasteiger partial charge in [-0.25, -0.2) is 4.79 Å². The Labute approximate surface area is 102 Å². The fourth-order valence-electron chi connectivity index (χ4n) is 2.13. The van der Waals surface area contributed by atoms with Crippen LogP contribution in [0.15, 0.2) is 12.2 Å². The van der Waals surface area contributed by atoms with Crippen LogP contribution in [-0.4, -0.2) is 30.1 Å². The molecule has 4 heteroatoms. The number of allylic oxidation sites excluding steroid dienone is 1. The molecule has 0 unspecified atom stereocenters. The fourth-order valence-corrected chi connectivity index (χ4v) is 2.13. The van der Waals surface area contributed by atoms with Crippen molar-refractivity contribution in [3.8, 4) is 0 Å². The summed E-state index contributed by atoms with van der Waals surface area (Å²) in [6.45, 7) is 0. The van der Waals surface area contributed by atoms with Gasteiger partial charge < -0.3 is 9.84 Å². The van der Waals surface area contributed by atoms with Crippen molar-refractivity contribution in [3.05, 3.63) is 12.2 Å². The number of Topliss-reactive ketones (excluding diaryl/α,β-unsaturated/α-hetero) is 1. The maximum Gasteiger partial charge on any atom is 0.330 e. The summed E-state index contributed by atoms with van der Waals surface area (Å²) in [5.41, 5.74) is 0. The highest BCUT2D eigenvalue weighted by Gasteiger charge is 2.28. The molecule has 1 N–H and O–H groups in total. The van der Waals surface area contributed by atoms with E-state index in [2.05, 4.69) is 4.74 Å². The minimum Gasteiger partial charge on any atom is -0.466 e. The number of carbonyl (C=O) groups is 2. The van der Waals surface area contributed by atoms with Crippen molar-refractivity contribution in [2.75, 3.05) is 7.11 Å². The zero-order chi connectivity index (χ0) is 12.7. The third kappa shape index (κ3) is 4.69. The largest absolute Gasteiger partial charge is 0.466 e. The van der Waals surface area contributed by atoms with Crippen molar-refractivity contribution in [3.63, 3.8) is 0 Å². The molecule has 0 aromatic carbocycles. The SMILES string of the molecule is COC(=O)/C=C/CC[C@H](O)[C@@H]1CCCCC1=O. The van der Waals surface area contributed by atoms with E-state index in [-0.39, 0.29) is 11.7 Å². The third-order valence-electron chi connectivity index (χ3n) is 3.15. The summed E-state index contributed by atoms with van der Waals surface area (Å²) < 4.78 is 4.45. The molecule has 0 radical (unpaired) electrons. The predicted molar refractivity (Wildman–Crippen MR) is 63.4 cm³/mol. The van der Waals surface area contributed by atoms with Gasteiger partial charge in [-0.15, -0.1) is 0 Å². The van der Waals surface area contributed by atoms with Crippen LogP contribution in [0.3, 0.4) is 0 Å². The Morgan fingerprint density at radius 2 is 2.35 bits per heavy atom. The second-order valence-corrected chi connectivity index (χ2v) is 4.39. The first-order valence-electron chi connectivity index (χ1n) is 6.10. The number of rotatable bonds is 5. The Bertz CT molecular complexity index is 296. The highest BCUT2D eigenvalue weighted by atomic mass is 16.5. The summed E-state index contributed by atoms with van der Waals surface area (Å²) in [5, 5.41) is 9.90. The Kier molecular flexibility index (Phi) is 5.91. The number of ketones is 1. The van der Waals surface area contributed by atoms with Crippen molar-refractivity contribution in [1.29, 1.82) is 0 Å². The Morgan fingerprint density at radius 1 is 1.59 bits per heavy atom. The molecule has 0 aliphatic heterocycles. The van der Waals surface area contributed by atoms with Gasteiger partial charge in [0.2, 0.25) is 0 Å². The monoisotopic (exact) mass is 240 g/mol. The Morgan fingerprint density at radius 3 is 3.00 bits per heavy atom. The molecule has 1 aliphatic rings. The number of methoxy groups -OCH3 is 1. The fraction of sp³-hybridized carbons (Fsp3) is 0.692. The van der Waals surface area contributed by atoms with Gasteiger partial charge in [-0.3, -0.25) is 4.79 Å². The topological polar surface area (TPSA) is 63.6 Å². The van der Waals surface area contributed by atoms with E-state index >= 15 is 0 Å². The lowest BCUT2D eigenvalue weighted by molar-refractivity contribution is -0.135. The Hall–Kier alpha value is -1.16. The van der Waals surface area contributed by atoms with E-state index in [0.29, 0.717) is 19.3 Å². The van der Waals surface area contributed by atoms with Gasteiger partial charge in [-0.1, -0.05) is 12.5 Å². The van der Waals surface area contributed by atoms with Gasteiger partial charge in [0, 0.05) is 18.4 Å². The van der Waals surface area contributed by atoms with Crippen molar-refractivity contribution >= 4 is 11.8 Å². The van der Waals surface area contributed by atoms with Crippen LogP contribution in [0.2, 0.25) is 0 Å². The molecule has 1 aliphatic carbocycles. The molecule has 0 amide bonds.